The van der Waals surface area contributed by atoms with Gasteiger partial charge in [-0.05, 0) is 47.7 Å². The second kappa shape index (κ2) is 8.27. The number of para-hydroxylation sites is 2. The van der Waals surface area contributed by atoms with E-state index in [0.29, 0.717) is 11.3 Å². The molecule has 0 saturated carbocycles. The van der Waals surface area contributed by atoms with Crippen molar-refractivity contribution >= 4 is 34.3 Å². The fourth-order valence-corrected chi connectivity index (χ4v) is 4.70. The Morgan fingerprint density at radius 2 is 1.94 bits per heavy atom. The van der Waals surface area contributed by atoms with Gasteiger partial charge in [-0.3, -0.25) is 14.9 Å². The Labute approximate surface area is 187 Å². The number of fused-ring (bicyclic) bond motifs is 1. The summed E-state index contributed by atoms with van der Waals surface area (Å²) >= 11 is 1.80. The van der Waals surface area contributed by atoms with E-state index in [2.05, 4.69) is 26.8 Å². The molecule has 32 heavy (non-hydrogen) atoms. The number of benzene rings is 2. The average molecular weight is 446 g/mol. The molecule has 8 nitrogen and oxygen atoms in total. The number of non-ortho nitro benzene ring substituents is 1. The van der Waals surface area contributed by atoms with E-state index < -0.39 is 4.92 Å². The number of nitro groups is 1. The first kappa shape index (κ1) is 20.0. The molecule has 0 atom stereocenters. The summed E-state index contributed by atoms with van der Waals surface area (Å²) < 4.78 is 1.52. The maximum atomic E-state index is 12.9. The molecule has 4 aromatic rings. The predicted molar refractivity (Wildman–Crippen MR) is 124 cm³/mol. The van der Waals surface area contributed by atoms with Crippen LogP contribution in [0, 0.1) is 10.1 Å². The Bertz CT molecular complexity index is 1290. The van der Waals surface area contributed by atoms with Gasteiger partial charge in [0.15, 0.2) is 0 Å². The van der Waals surface area contributed by atoms with Crippen molar-refractivity contribution < 1.29 is 9.72 Å². The van der Waals surface area contributed by atoms with Gasteiger partial charge in [-0.1, -0.05) is 12.1 Å². The fraction of sp³-hybridized carbons (Fsp3) is 0.130. The molecule has 5 rings (SSSR count). The number of nitrogens with zero attached hydrogens (tertiary/aromatic N) is 4. The summed E-state index contributed by atoms with van der Waals surface area (Å²) in [4.78, 5) is 27.0. The van der Waals surface area contributed by atoms with Crippen LogP contribution in [-0.4, -0.2) is 27.2 Å². The monoisotopic (exact) mass is 445 g/mol. The summed E-state index contributed by atoms with van der Waals surface area (Å²) in [5.74, 6) is -0.265. The topological polar surface area (TPSA) is 93.3 Å². The van der Waals surface area contributed by atoms with Crippen LogP contribution < -0.4 is 10.2 Å². The first-order chi connectivity index (χ1) is 15.6. The van der Waals surface area contributed by atoms with Gasteiger partial charge in [0.1, 0.15) is 0 Å². The minimum Gasteiger partial charge on any atom is -0.365 e. The quantitative estimate of drug-likeness (QED) is 0.356. The maximum absolute atomic E-state index is 12.9. The lowest BCUT2D eigenvalue weighted by Gasteiger charge is -2.30. The number of amides is 1. The summed E-state index contributed by atoms with van der Waals surface area (Å²) in [6.07, 6.45) is 4.09. The van der Waals surface area contributed by atoms with Crippen LogP contribution in [0.3, 0.4) is 0 Å². The number of carbonyl (C=O) groups excluding carboxylic acids is 1. The average Bonchev–Trinajstić information content (AvgIpc) is 3.49. The van der Waals surface area contributed by atoms with E-state index in [4.69, 9.17) is 0 Å². The van der Waals surface area contributed by atoms with Gasteiger partial charge in [0.2, 0.25) is 0 Å². The third kappa shape index (κ3) is 3.85. The lowest BCUT2D eigenvalue weighted by molar-refractivity contribution is -0.384. The molecule has 0 fully saturated rings. The first-order valence-corrected chi connectivity index (χ1v) is 11.0. The van der Waals surface area contributed by atoms with Crippen molar-refractivity contribution in [3.8, 4) is 5.69 Å². The van der Waals surface area contributed by atoms with Gasteiger partial charge in [-0.2, -0.15) is 5.10 Å². The number of aromatic nitrogens is 2. The van der Waals surface area contributed by atoms with Crippen LogP contribution in [0.4, 0.5) is 17.1 Å². The van der Waals surface area contributed by atoms with E-state index in [1.165, 1.54) is 33.5 Å². The summed E-state index contributed by atoms with van der Waals surface area (Å²) in [5, 5.41) is 20.2. The standard InChI is InChI=1S/C23H19N5O3S/c29-23(17-13-24-27(15-17)18-5-7-19(8-6-18)28(30)31)25-20-3-1-2-4-21(20)26-11-9-22-16(14-26)10-12-32-22/h1-8,10,12-13,15H,9,11,14H2,(H,25,29). The minimum atomic E-state index is -0.454. The van der Waals surface area contributed by atoms with Crippen molar-refractivity contribution in [1.29, 1.82) is 0 Å². The number of anilines is 2. The molecule has 1 amide bonds. The van der Waals surface area contributed by atoms with E-state index in [1.807, 2.05) is 24.3 Å². The highest BCUT2D eigenvalue weighted by Crippen LogP contribution is 2.32. The van der Waals surface area contributed by atoms with E-state index in [-0.39, 0.29) is 11.6 Å². The zero-order valence-corrected chi connectivity index (χ0v) is 17.8. The number of hydrogen-bond donors (Lipinski definition) is 1. The molecule has 1 aliphatic heterocycles. The molecule has 160 valence electrons. The second-order valence-electron chi connectivity index (χ2n) is 7.46. The molecule has 2 aromatic carbocycles. The van der Waals surface area contributed by atoms with Crippen LogP contribution in [0.1, 0.15) is 20.8 Å². The lowest BCUT2D eigenvalue weighted by Crippen LogP contribution is -2.30. The smallest absolute Gasteiger partial charge is 0.269 e. The van der Waals surface area contributed by atoms with Crippen LogP contribution in [-0.2, 0) is 13.0 Å². The molecule has 1 N–H and O–H groups in total. The number of nitrogens with one attached hydrogen (secondary N) is 1. The van der Waals surface area contributed by atoms with Gasteiger partial charge < -0.3 is 10.2 Å². The number of thiophene rings is 1. The maximum Gasteiger partial charge on any atom is 0.269 e. The molecular weight excluding hydrogens is 426 g/mol. The molecule has 0 bridgehead atoms. The molecular formula is C23H19N5O3S. The molecule has 1 aliphatic rings. The van der Waals surface area contributed by atoms with Gasteiger partial charge in [0.05, 0.1) is 33.7 Å². The van der Waals surface area contributed by atoms with Gasteiger partial charge in [-0.25, -0.2) is 4.68 Å². The SMILES string of the molecule is O=C(Nc1ccccc1N1CCc2sccc2C1)c1cnn(-c2ccc([N+](=O)[O-])cc2)c1. The van der Waals surface area contributed by atoms with Crippen molar-refractivity contribution in [2.45, 2.75) is 13.0 Å². The van der Waals surface area contributed by atoms with Crippen molar-refractivity contribution in [3.05, 3.63) is 98.5 Å². The highest BCUT2D eigenvalue weighted by molar-refractivity contribution is 7.10. The molecule has 0 saturated heterocycles. The van der Waals surface area contributed by atoms with Gasteiger partial charge in [0, 0.05) is 36.3 Å². The Kier molecular flexibility index (Phi) is 5.16. The molecule has 3 heterocycles. The molecule has 0 unspecified atom stereocenters. The minimum absolute atomic E-state index is 0.00256. The van der Waals surface area contributed by atoms with Crippen molar-refractivity contribution in [2.75, 3.05) is 16.8 Å². The lowest BCUT2D eigenvalue weighted by atomic mass is 10.1. The van der Waals surface area contributed by atoms with Crippen molar-refractivity contribution in [3.63, 3.8) is 0 Å². The van der Waals surface area contributed by atoms with Crippen molar-refractivity contribution in [2.24, 2.45) is 0 Å². The summed E-state index contributed by atoms with van der Waals surface area (Å²) in [7, 11) is 0. The predicted octanol–water partition coefficient (Wildman–Crippen LogP) is 4.66. The Balaban J connectivity index is 1.34. The van der Waals surface area contributed by atoms with E-state index in [9.17, 15) is 14.9 Å². The van der Waals surface area contributed by atoms with Crippen molar-refractivity contribution in [1.82, 2.24) is 9.78 Å². The molecule has 0 spiro atoms. The summed E-state index contributed by atoms with van der Waals surface area (Å²) in [5.41, 5.74) is 4.11. The molecule has 0 aliphatic carbocycles. The number of nitro benzene ring substituents is 1. The summed E-state index contributed by atoms with van der Waals surface area (Å²) in [6.45, 7) is 1.72. The van der Waals surface area contributed by atoms with E-state index >= 15 is 0 Å². The third-order valence-corrected chi connectivity index (χ3v) is 6.49. The number of hydrogen-bond acceptors (Lipinski definition) is 6. The van der Waals surface area contributed by atoms with Gasteiger partial charge >= 0.3 is 0 Å². The van der Waals surface area contributed by atoms with Crippen LogP contribution in [0.25, 0.3) is 5.69 Å². The van der Waals surface area contributed by atoms with Crippen LogP contribution >= 0.6 is 11.3 Å². The Hall–Kier alpha value is -3.98. The number of carbonyl (C=O) groups is 1. The Morgan fingerprint density at radius 3 is 2.75 bits per heavy atom. The largest absolute Gasteiger partial charge is 0.365 e. The normalized spacial score (nSPS) is 12.9. The molecule has 0 radical (unpaired) electrons. The fourth-order valence-electron chi connectivity index (χ4n) is 3.81. The zero-order chi connectivity index (χ0) is 22.1. The van der Waals surface area contributed by atoms with E-state index in [1.54, 1.807) is 29.7 Å². The van der Waals surface area contributed by atoms with Crippen LogP contribution in [0.2, 0.25) is 0 Å². The first-order valence-electron chi connectivity index (χ1n) is 10.1. The molecule has 2 aromatic heterocycles. The summed E-state index contributed by atoms with van der Waals surface area (Å²) in [6, 6.07) is 16.0. The van der Waals surface area contributed by atoms with Crippen LogP contribution in [0.5, 0.6) is 0 Å². The zero-order valence-electron chi connectivity index (χ0n) is 17.0. The van der Waals surface area contributed by atoms with Gasteiger partial charge in [-0.15, -0.1) is 11.3 Å². The van der Waals surface area contributed by atoms with E-state index in [0.717, 1.165) is 30.9 Å². The van der Waals surface area contributed by atoms with Gasteiger partial charge in [0.25, 0.3) is 11.6 Å². The Morgan fingerprint density at radius 1 is 1.12 bits per heavy atom. The highest BCUT2D eigenvalue weighted by atomic mass is 32.1. The second-order valence-corrected chi connectivity index (χ2v) is 8.46. The highest BCUT2D eigenvalue weighted by Gasteiger charge is 2.20. The van der Waals surface area contributed by atoms with Crippen LogP contribution in [0.15, 0.2) is 72.4 Å². The number of rotatable bonds is 5. The molecule has 9 heteroatoms. The third-order valence-electron chi connectivity index (χ3n) is 5.47.